The molecule has 29 heavy (non-hydrogen) atoms. The van der Waals surface area contributed by atoms with E-state index >= 15 is 0 Å². The van der Waals surface area contributed by atoms with Gasteiger partial charge in [-0.25, -0.2) is 4.98 Å². The average molecular weight is 416 g/mol. The quantitative estimate of drug-likeness (QED) is 0.667. The van der Waals surface area contributed by atoms with Gasteiger partial charge >= 0.3 is 0 Å². The number of aromatic nitrogens is 4. The second-order valence-corrected chi connectivity index (χ2v) is 8.89. The highest BCUT2D eigenvalue weighted by atomic mass is 35.5. The van der Waals surface area contributed by atoms with Crippen LogP contribution in [0.3, 0.4) is 0 Å². The van der Waals surface area contributed by atoms with Crippen LogP contribution < -0.4 is 10.6 Å². The van der Waals surface area contributed by atoms with Gasteiger partial charge in [-0.15, -0.1) is 0 Å². The molecule has 2 aromatic rings. The number of nitrogens with zero attached hydrogens (tertiary/aromatic N) is 4. The van der Waals surface area contributed by atoms with Gasteiger partial charge in [-0.2, -0.15) is 10.1 Å². The normalized spacial score (nSPS) is 25.9. The first-order chi connectivity index (χ1) is 14.1. The lowest BCUT2D eigenvalue weighted by atomic mass is 10.0. The van der Waals surface area contributed by atoms with Crippen LogP contribution in [0.15, 0.2) is 12.3 Å². The van der Waals surface area contributed by atoms with E-state index in [0.29, 0.717) is 47.0 Å². The molecule has 3 heterocycles. The molecular weight excluding hydrogens is 390 g/mol. The van der Waals surface area contributed by atoms with Gasteiger partial charge in [0.1, 0.15) is 5.02 Å². The van der Waals surface area contributed by atoms with Crippen LogP contribution in [0.1, 0.15) is 50.6 Å². The minimum Gasteiger partial charge on any atom is -0.366 e. The fraction of sp³-hybridized carbons (Fsp3) is 0.600. The van der Waals surface area contributed by atoms with Crippen LogP contribution in [0, 0.1) is 11.8 Å². The second kappa shape index (κ2) is 7.48. The van der Waals surface area contributed by atoms with Crippen LogP contribution >= 0.6 is 11.6 Å². The third-order valence-electron chi connectivity index (χ3n) is 6.35. The van der Waals surface area contributed by atoms with Gasteiger partial charge in [0, 0.05) is 43.2 Å². The van der Waals surface area contributed by atoms with Crippen LogP contribution in [0.25, 0.3) is 0 Å². The molecule has 154 valence electrons. The van der Waals surface area contributed by atoms with Crippen LogP contribution in [0.5, 0.6) is 0 Å². The molecule has 2 atom stereocenters. The van der Waals surface area contributed by atoms with Gasteiger partial charge in [-0.1, -0.05) is 18.5 Å². The molecule has 9 heteroatoms. The highest BCUT2D eigenvalue weighted by molar-refractivity contribution is 6.32. The number of anilines is 3. The number of nitrogens with one attached hydrogen (secondary N) is 3. The van der Waals surface area contributed by atoms with Crippen molar-refractivity contribution in [3.8, 4) is 0 Å². The highest BCUT2D eigenvalue weighted by Gasteiger charge is 2.42. The molecule has 0 bridgehead atoms. The maximum absolute atomic E-state index is 12.0. The van der Waals surface area contributed by atoms with Crippen molar-refractivity contribution in [1.29, 1.82) is 0 Å². The lowest BCUT2D eigenvalue weighted by Crippen LogP contribution is -2.30. The van der Waals surface area contributed by atoms with Gasteiger partial charge in [-0.3, -0.25) is 9.89 Å². The van der Waals surface area contributed by atoms with E-state index in [1.54, 1.807) is 6.20 Å². The molecular formula is C20H26ClN7O. The van der Waals surface area contributed by atoms with E-state index in [4.69, 9.17) is 11.6 Å². The van der Waals surface area contributed by atoms with Crippen molar-refractivity contribution in [1.82, 2.24) is 25.1 Å². The topological polar surface area (TPSA) is 98.8 Å². The molecule has 2 saturated carbocycles. The number of carbonyl (C=O) groups excluding carboxylic acids is 1. The fourth-order valence-electron chi connectivity index (χ4n) is 4.69. The summed E-state index contributed by atoms with van der Waals surface area (Å²) in [7, 11) is 0. The first-order valence-corrected chi connectivity index (χ1v) is 10.9. The zero-order valence-electron chi connectivity index (χ0n) is 16.5. The predicted octanol–water partition coefficient (Wildman–Crippen LogP) is 3.53. The summed E-state index contributed by atoms with van der Waals surface area (Å²) in [6.07, 6.45) is 6.72. The lowest BCUT2D eigenvalue weighted by molar-refractivity contribution is -0.130. The van der Waals surface area contributed by atoms with Crippen LogP contribution in [-0.2, 0) is 4.79 Å². The van der Waals surface area contributed by atoms with E-state index in [0.717, 1.165) is 37.4 Å². The molecule has 5 rings (SSSR count). The van der Waals surface area contributed by atoms with Crippen molar-refractivity contribution in [2.75, 3.05) is 23.7 Å². The van der Waals surface area contributed by atoms with E-state index < -0.39 is 0 Å². The highest BCUT2D eigenvalue weighted by Crippen LogP contribution is 2.41. The van der Waals surface area contributed by atoms with Crippen molar-refractivity contribution >= 4 is 35.1 Å². The Kier molecular flexibility index (Phi) is 4.81. The molecule has 2 aromatic heterocycles. The summed E-state index contributed by atoms with van der Waals surface area (Å²) in [4.78, 5) is 22.8. The maximum Gasteiger partial charge on any atom is 0.230 e. The Bertz CT molecular complexity index is 898. The number of likely N-dealkylation sites (tertiary alicyclic amines) is 1. The summed E-state index contributed by atoms with van der Waals surface area (Å²) in [5.74, 6) is 3.85. The number of H-pyrrole nitrogens is 1. The largest absolute Gasteiger partial charge is 0.366 e. The Labute approximate surface area is 174 Å². The molecule has 0 aromatic carbocycles. The molecule has 8 nitrogen and oxygen atoms in total. The average Bonchev–Trinajstić information content (AvgIpc) is 3.14. The Morgan fingerprint density at radius 3 is 2.76 bits per heavy atom. The molecule has 1 saturated heterocycles. The number of carbonyl (C=O) groups is 1. The Morgan fingerprint density at radius 1 is 1.31 bits per heavy atom. The number of halogens is 1. The van der Waals surface area contributed by atoms with Crippen molar-refractivity contribution in [2.24, 2.45) is 11.8 Å². The van der Waals surface area contributed by atoms with Gasteiger partial charge in [0.05, 0.1) is 6.20 Å². The number of hydrogen-bond acceptors (Lipinski definition) is 6. The molecule has 0 spiro atoms. The zero-order chi connectivity index (χ0) is 20.0. The number of rotatable bonds is 6. The molecule has 3 aliphatic rings. The van der Waals surface area contributed by atoms with E-state index in [9.17, 15) is 4.79 Å². The summed E-state index contributed by atoms with van der Waals surface area (Å²) in [5.41, 5.74) is 1.16. The second-order valence-electron chi connectivity index (χ2n) is 8.48. The fourth-order valence-corrected chi connectivity index (χ4v) is 4.83. The minimum atomic E-state index is 0.265. The zero-order valence-corrected chi connectivity index (χ0v) is 17.2. The summed E-state index contributed by atoms with van der Waals surface area (Å²) in [5, 5.41) is 14.5. The monoisotopic (exact) mass is 415 g/mol. The Balaban J connectivity index is 1.21. The molecule has 1 aliphatic heterocycles. The van der Waals surface area contributed by atoms with Crippen LogP contribution in [0.2, 0.25) is 5.02 Å². The van der Waals surface area contributed by atoms with Crippen molar-refractivity contribution in [2.45, 2.75) is 51.0 Å². The van der Waals surface area contributed by atoms with Gasteiger partial charge in [-0.05, 0) is 37.5 Å². The summed E-state index contributed by atoms with van der Waals surface area (Å²) < 4.78 is 0. The molecule has 0 radical (unpaired) electrons. The minimum absolute atomic E-state index is 0.265. The van der Waals surface area contributed by atoms with Gasteiger partial charge in [0.15, 0.2) is 11.6 Å². The van der Waals surface area contributed by atoms with Gasteiger partial charge in [0.2, 0.25) is 11.9 Å². The van der Waals surface area contributed by atoms with E-state index in [1.165, 1.54) is 12.8 Å². The van der Waals surface area contributed by atoms with Crippen molar-refractivity contribution in [3.63, 3.8) is 0 Å². The van der Waals surface area contributed by atoms with Gasteiger partial charge < -0.3 is 15.5 Å². The van der Waals surface area contributed by atoms with Gasteiger partial charge in [0.25, 0.3) is 0 Å². The maximum atomic E-state index is 12.0. The molecule has 2 unspecified atom stereocenters. The van der Waals surface area contributed by atoms with Crippen LogP contribution in [-0.4, -0.2) is 50.1 Å². The third-order valence-corrected chi connectivity index (χ3v) is 6.62. The van der Waals surface area contributed by atoms with E-state index in [-0.39, 0.29) is 5.91 Å². The number of fused-ring (bicyclic) bond motifs is 1. The predicted molar refractivity (Wildman–Crippen MR) is 111 cm³/mol. The summed E-state index contributed by atoms with van der Waals surface area (Å²) >= 11 is 6.35. The smallest absolute Gasteiger partial charge is 0.230 e. The first kappa shape index (κ1) is 18.7. The number of aromatic amines is 1. The number of hydrogen-bond donors (Lipinski definition) is 3. The summed E-state index contributed by atoms with van der Waals surface area (Å²) in [6.45, 7) is 3.68. The SMILES string of the molecule is CCC(=O)N1CC2CC(Nc3nc(Nc4cc(C5CC5)[nH]n4)ncc3Cl)CC2C1. The molecule has 3 N–H and O–H groups in total. The Hall–Kier alpha value is -2.35. The van der Waals surface area contributed by atoms with E-state index in [1.807, 2.05) is 17.9 Å². The molecule has 1 amide bonds. The van der Waals surface area contributed by atoms with Crippen molar-refractivity contribution in [3.05, 3.63) is 23.0 Å². The number of amides is 1. The van der Waals surface area contributed by atoms with Crippen LogP contribution in [0.4, 0.5) is 17.6 Å². The standard InChI is InChI=1S/C20H26ClN7O/c1-2-18(29)28-9-12-5-14(6-13(12)10-28)23-19-15(21)8-22-20(25-19)24-17-7-16(26-27-17)11-3-4-11/h7-8,11-14H,2-6,9-10H2,1H3,(H3,22,23,24,25,26,27). The lowest BCUT2D eigenvalue weighted by Gasteiger charge is -2.20. The Morgan fingerprint density at radius 2 is 2.07 bits per heavy atom. The summed E-state index contributed by atoms with van der Waals surface area (Å²) in [6, 6.07) is 2.33. The molecule has 3 fully saturated rings. The van der Waals surface area contributed by atoms with Crippen molar-refractivity contribution < 1.29 is 4.79 Å². The van der Waals surface area contributed by atoms with E-state index in [2.05, 4.69) is 30.8 Å². The third kappa shape index (κ3) is 3.90. The molecule has 2 aliphatic carbocycles. The first-order valence-electron chi connectivity index (χ1n) is 10.5.